The predicted octanol–water partition coefficient (Wildman–Crippen LogP) is 2.01. The number of nitrogens with one attached hydrogen (secondary N) is 1. The van der Waals surface area contributed by atoms with E-state index >= 15 is 0 Å². The molecule has 0 aliphatic rings. The smallest absolute Gasteiger partial charge is 0.320 e. The molecule has 14 heavy (non-hydrogen) atoms. The van der Waals surface area contributed by atoms with Crippen LogP contribution in [0.25, 0.3) is 0 Å². The summed E-state index contributed by atoms with van der Waals surface area (Å²) in [5.74, 6) is -0.833. The standard InChI is InChI=1S/C10H12BrNO2/c1-7(10(13)14)12-6-8-3-2-4-9(11)5-8/h2-5,7,12H,6H2,1H3,(H,13,14). The molecule has 0 aromatic heterocycles. The van der Waals surface area contributed by atoms with E-state index in [1.807, 2.05) is 24.3 Å². The topological polar surface area (TPSA) is 49.3 Å². The summed E-state index contributed by atoms with van der Waals surface area (Å²) >= 11 is 3.35. The van der Waals surface area contributed by atoms with Crippen LogP contribution in [0.1, 0.15) is 12.5 Å². The van der Waals surface area contributed by atoms with Gasteiger partial charge >= 0.3 is 5.97 Å². The minimum Gasteiger partial charge on any atom is -0.480 e. The van der Waals surface area contributed by atoms with Crippen LogP contribution in [0.4, 0.5) is 0 Å². The van der Waals surface area contributed by atoms with Crippen molar-refractivity contribution in [3.05, 3.63) is 34.3 Å². The Hall–Kier alpha value is -0.870. The van der Waals surface area contributed by atoms with Crippen molar-refractivity contribution in [2.24, 2.45) is 0 Å². The lowest BCUT2D eigenvalue weighted by atomic mass is 10.2. The fourth-order valence-electron chi connectivity index (χ4n) is 1.01. The summed E-state index contributed by atoms with van der Waals surface area (Å²) in [4.78, 5) is 10.5. The summed E-state index contributed by atoms with van der Waals surface area (Å²) in [6, 6.07) is 7.25. The van der Waals surface area contributed by atoms with E-state index in [1.54, 1.807) is 6.92 Å². The number of carboxylic acids is 1. The molecule has 1 unspecified atom stereocenters. The fourth-order valence-corrected chi connectivity index (χ4v) is 1.45. The number of rotatable bonds is 4. The molecule has 0 spiro atoms. The van der Waals surface area contributed by atoms with E-state index in [-0.39, 0.29) is 0 Å². The van der Waals surface area contributed by atoms with Crippen LogP contribution in [-0.2, 0) is 11.3 Å². The first-order chi connectivity index (χ1) is 6.59. The zero-order valence-electron chi connectivity index (χ0n) is 7.83. The van der Waals surface area contributed by atoms with Gasteiger partial charge in [0, 0.05) is 11.0 Å². The molecule has 0 fully saturated rings. The second-order valence-corrected chi connectivity index (χ2v) is 3.99. The van der Waals surface area contributed by atoms with Gasteiger partial charge in [-0.2, -0.15) is 0 Å². The SMILES string of the molecule is CC(NCc1cccc(Br)c1)C(=O)O. The molecule has 0 heterocycles. The van der Waals surface area contributed by atoms with Crippen LogP contribution >= 0.6 is 15.9 Å². The van der Waals surface area contributed by atoms with Crippen LogP contribution in [0.5, 0.6) is 0 Å². The minimum atomic E-state index is -0.833. The summed E-state index contributed by atoms with van der Waals surface area (Å²) in [6.45, 7) is 2.19. The number of hydrogen-bond acceptors (Lipinski definition) is 2. The summed E-state index contributed by atoms with van der Waals surface area (Å²) in [5, 5.41) is 11.5. The molecule has 2 N–H and O–H groups in total. The highest BCUT2D eigenvalue weighted by Crippen LogP contribution is 2.11. The first-order valence-corrected chi connectivity index (χ1v) is 5.09. The Kier molecular flexibility index (Phi) is 4.10. The van der Waals surface area contributed by atoms with Crippen molar-refractivity contribution in [3.63, 3.8) is 0 Å². The Morgan fingerprint density at radius 1 is 1.64 bits per heavy atom. The van der Waals surface area contributed by atoms with Gasteiger partial charge in [-0.1, -0.05) is 28.1 Å². The van der Waals surface area contributed by atoms with Gasteiger partial charge in [-0.15, -0.1) is 0 Å². The van der Waals surface area contributed by atoms with Gasteiger partial charge < -0.3 is 10.4 Å². The molecule has 0 saturated carbocycles. The van der Waals surface area contributed by atoms with Crippen molar-refractivity contribution in [3.8, 4) is 0 Å². The Labute approximate surface area is 91.3 Å². The molecule has 4 heteroatoms. The van der Waals surface area contributed by atoms with Gasteiger partial charge in [-0.3, -0.25) is 4.79 Å². The van der Waals surface area contributed by atoms with Crippen LogP contribution in [0.15, 0.2) is 28.7 Å². The lowest BCUT2D eigenvalue weighted by molar-refractivity contribution is -0.139. The highest BCUT2D eigenvalue weighted by Gasteiger charge is 2.08. The summed E-state index contributed by atoms with van der Waals surface area (Å²) in [7, 11) is 0. The summed E-state index contributed by atoms with van der Waals surface area (Å²) in [5.41, 5.74) is 1.06. The number of benzene rings is 1. The third kappa shape index (κ3) is 3.47. The van der Waals surface area contributed by atoms with Crippen molar-refractivity contribution in [2.45, 2.75) is 19.5 Å². The molecule has 0 aliphatic heterocycles. The van der Waals surface area contributed by atoms with Gasteiger partial charge in [-0.25, -0.2) is 0 Å². The molecule has 0 bridgehead atoms. The Morgan fingerprint density at radius 2 is 2.36 bits per heavy atom. The maximum Gasteiger partial charge on any atom is 0.320 e. The predicted molar refractivity (Wildman–Crippen MR) is 58.1 cm³/mol. The van der Waals surface area contributed by atoms with Crippen LogP contribution in [0.2, 0.25) is 0 Å². The van der Waals surface area contributed by atoms with Crippen molar-refractivity contribution in [2.75, 3.05) is 0 Å². The molecule has 0 saturated heterocycles. The zero-order chi connectivity index (χ0) is 10.6. The monoisotopic (exact) mass is 257 g/mol. The molecule has 0 aliphatic carbocycles. The van der Waals surface area contributed by atoms with Crippen molar-refractivity contribution in [1.29, 1.82) is 0 Å². The molecule has 1 aromatic rings. The summed E-state index contributed by atoms with van der Waals surface area (Å²) < 4.78 is 1.000. The van der Waals surface area contributed by atoms with E-state index in [0.717, 1.165) is 10.0 Å². The largest absolute Gasteiger partial charge is 0.480 e. The van der Waals surface area contributed by atoms with Crippen LogP contribution < -0.4 is 5.32 Å². The zero-order valence-corrected chi connectivity index (χ0v) is 9.41. The Morgan fingerprint density at radius 3 is 2.93 bits per heavy atom. The minimum absolute atomic E-state index is 0.519. The van der Waals surface area contributed by atoms with E-state index in [4.69, 9.17) is 5.11 Å². The van der Waals surface area contributed by atoms with Gasteiger partial charge in [-0.05, 0) is 24.6 Å². The molecule has 1 rings (SSSR count). The second-order valence-electron chi connectivity index (χ2n) is 3.07. The van der Waals surface area contributed by atoms with E-state index in [9.17, 15) is 4.79 Å². The molecule has 1 atom stereocenters. The van der Waals surface area contributed by atoms with E-state index in [2.05, 4.69) is 21.2 Å². The average Bonchev–Trinajstić information content (AvgIpc) is 2.14. The van der Waals surface area contributed by atoms with E-state index in [1.165, 1.54) is 0 Å². The fraction of sp³-hybridized carbons (Fsp3) is 0.300. The number of carbonyl (C=O) groups is 1. The van der Waals surface area contributed by atoms with Crippen molar-refractivity contribution < 1.29 is 9.90 Å². The Bertz CT molecular complexity index is 328. The van der Waals surface area contributed by atoms with Gasteiger partial charge in [0.25, 0.3) is 0 Å². The number of aliphatic carboxylic acids is 1. The van der Waals surface area contributed by atoms with Crippen molar-refractivity contribution >= 4 is 21.9 Å². The maximum atomic E-state index is 10.5. The molecule has 1 aromatic carbocycles. The Balaban J connectivity index is 2.49. The molecule has 76 valence electrons. The number of hydrogen-bond donors (Lipinski definition) is 2. The third-order valence-electron chi connectivity index (χ3n) is 1.87. The average molecular weight is 258 g/mol. The normalized spacial score (nSPS) is 12.4. The lowest BCUT2D eigenvalue weighted by Gasteiger charge is -2.08. The number of carboxylic acid groups (broad SMARTS) is 1. The van der Waals surface area contributed by atoms with Crippen molar-refractivity contribution in [1.82, 2.24) is 5.32 Å². The number of halogens is 1. The van der Waals surface area contributed by atoms with Gasteiger partial charge in [0.05, 0.1) is 0 Å². The van der Waals surface area contributed by atoms with Gasteiger partial charge in [0.2, 0.25) is 0 Å². The molecule has 0 amide bonds. The second kappa shape index (κ2) is 5.12. The van der Waals surface area contributed by atoms with Crippen LogP contribution in [0.3, 0.4) is 0 Å². The van der Waals surface area contributed by atoms with E-state index in [0.29, 0.717) is 6.54 Å². The quantitative estimate of drug-likeness (QED) is 0.868. The molecule has 3 nitrogen and oxygen atoms in total. The van der Waals surface area contributed by atoms with Crippen LogP contribution in [0, 0.1) is 0 Å². The lowest BCUT2D eigenvalue weighted by Crippen LogP contribution is -2.33. The van der Waals surface area contributed by atoms with Gasteiger partial charge in [0.1, 0.15) is 6.04 Å². The molecular formula is C10H12BrNO2. The molecular weight excluding hydrogens is 246 g/mol. The highest BCUT2D eigenvalue weighted by molar-refractivity contribution is 9.10. The van der Waals surface area contributed by atoms with E-state index < -0.39 is 12.0 Å². The summed E-state index contributed by atoms with van der Waals surface area (Å²) in [6.07, 6.45) is 0. The molecule has 0 radical (unpaired) electrons. The first-order valence-electron chi connectivity index (χ1n) is 4.30. The third-order valence-corrected chi connectivity index (χ3v) is 2.37. The highest BCUT2D eigenvalue weighted by atomic mass is 79.9. The van der Waals surface area contributed by atoms with Gasteiger partial charge in [0.15, 0.2) is 0 Å². The first kappa shape index (κ1) is 11.2. The maximum absolute atomic E-state index is 10.5. The van der Waals surface area contributed by atoms with Crippen LogP contribution in [-0.4, -0.2) is 17.1 Å².